The quantitative estimate of drug-likeness (QED) is 0.262. The molecule has 0 radical (unpaired) electrons. The molecule has 2 amide bonds. The van der Waals surface area contributed by atoms with E-state index in [2.05, 4.69) is 5.32 Å². The molecule has 1 N–H and O–H groups in total. The topological polar surface area (TPSA) is 86.8 Å². The molecule has 7 nitrogen and oxygen atoms in total. The van der Waals surface area contributed by atoms with Gasteiger partial charge in [-0.05, 0) is 41.8 Å². The van der Waals surface area contributed by atoms with Crippen LogP contribution in [0.4, 0.5) is 10.1 Å². The Morgan fingerprint density at radius 1 is 0.950 bits per heavy atom. The highest BCUT2D eigenvalue weighted by Gasteiger charge is 2.33. The van der Waals surface area contributed by atoms with E-state index in [1.807, 2.05) is 37.3 Å². The Hall–Kier alpha value is -3.14. The van der Waals surface area contributed by atoms with Gasteiger partial charge in [0.25, 0.3) is 0 Å². The maximum atomic E-state index is 14.0. The number of carbonyl (C=O) groups excluding carboxylic acids is 2. The number of sulfonamides is 1. The van der Waals surface area contributed by atoms with Crippen molar-refractivity contribution < 1.29 is 22.4 Å². The van der Waals surface area contributed by atoms with Gasteiger partial charge in [-0.25, -0.2) is 12.8 Å². The predicted octanol–water partition coefficient (Wildman–Crippen LogP) is 5.45. The molecule has 3 rings (SSSR count). The summed E-state index contributed by atoms with van der Waals surface area (Å²) in [4.78, 5) is 28.9. The van der Waals surface area contributed by atoms with Gasteiger partial charge < -0.3 is 10.2 Å². The van der Waals surface area contributed by atoms with Crippen LogP contribution in [-0.4, -0.2) is 50.5 Å². The number of rotatable bonds is 13. The van der Waals surface area contributed by atoms with Gasteiger partial charge in [0.1, 0.15) is 18.4 Å². The van der Waals surface area contributed by atoms with Crippen molar-refractivity contribution in [3.63, 3.8) is 0 Å². The number of anilines is 1. The maximum Gasteiger partial charge on any atom is 0.244 e. The summed E-state index contributed by atoms with van der Waals surface area (Å²) in [7, 11) is -3.99. The highest BCUT2D eigenvalue weighted by molar-refractivity contribution is 7.92. The fourth-order valence-corrected chi connectivity index (χ4v) is 5.43. The van der Waals surface area contributed by atoms with E-state index in [1.165, 1.54) is 47.4 Å². The molecule has 0 saturated carbocycles. The third-order valence-corrected chi connectivity index (χ3v) is 8.18. The lowest BCUT2D eigenvalue weighted by atomic mass is 10.0. The Morgan fingerprint density at radius 3 is 2.25 bits per heavy atom. The molecule has 0 aliphatic carbocycles. The average molecular weight is 609 g/mol. The van der Waals surface area contributed by atoms with Crippen molar-refractivity contribution in [2.24, 2.45) is 0 Å². The number of nitrogens with one attached hydrogen (secondary N) is 1. The van der Waals surface area contributed by atoms with Crippen molar-refractivity contribution in [3.05, 3.63) is 99.8 Å². The monoisotopic (exact) mass is 607 g/mol. The van der Waals surface area contributed by atoms with E-state index >= 15 is 0 Å². The normalized spacial score (nSPS) is 12.0. The molecule has 1 atom stereocenters. The maximum absolute atomic E-state index is 14.0. The number of unbranched alkanes of at least 4 members (excludes halogenated alkanes) is 1. The SMILES string of the molecule is CCCCNC(=O)C(Cc1ccccc1)N(Cc1ccc(F)cc1)C(=O)CN(c1cccc(Cl)c1Cl)S(C)(=O)=O. The summed E-state index contributed by atoms with van der Waals surface area (Å²) in [6.45, 7) is 1.73. The number of halogens is 3. The molecule has 1 unspecified atom stereocenters. The molecule has 3 aromatic carbocycles. The van der Waals surface area contributed by atoms with Crippen molar-refractivity contribution >= 4 is 50.7 Å². The Morgan fingerprint density at radius 2 is 1.62 bits per heavy atom. The molecular formula is C29H32Cl2FN3O4S. The number of hydrogen-bond acceptors (Lipinski definition) is 4. The van der Waals surface area contributed by atoms with Crippen molar-refractivity contribution in [2.75, 3.05) is 23.7 Å². The smallest absolute Gasteiger partial charge is 0.244 e. The Bertz CT molecular complexity index is 1410. The average Bonchev–Trinajstić information content (AvgIpc) is 2.92. The molecule has 0 fully saturated rings. The molecule has 40 heavy (non-hydrogen) atoms. The third-order valence-electron chi connectivity index (χ3n) is 6.25. The molecular weight excluding hydrogens is 576 g/mol. The van der Waals surface area contributed by atoms with Crippen molar-refractivity contribution in [3.8, 4) is 0 Å². The van der Waals surface area contributed by atoms with Gasteiger partial charge >= 0.3 is 0 Å². The number of nitrogens with zero attached hydrogens (tertiary/aromatic N) is 2. The van der Waals surface area contributed by atoms with Crippen LogP contribution in [0.5, 0.6) is 0 Å². The molecule has 0 heterocycles. The van der Waals surface area contributed by atoms with Crippen LogP contribution in [0, 0.1) is 5.82 Å². The van der Waals surface area contributed by atoms with E-state index in [9.17, 15) is 22.4 Å². The summed E-state index contributed by atoms with van der Waals surface area (Å²) in [6, 6.07) is 18.3. The minimum absolute atomic E-state index is 0.0226. The number of amides is 2. The number of benzene rings is 3. The van der Waals surface area contributed by atoms with Crippen molar-refractivity contribution in [1.82, 2.24) is 10.2 Å². The first-order valence-electron chi connectivity index (χ1n) is 12.8. The van der Waals surface area contributed by atoms with E-state index in [1.54, 1.807) is 0 Å². The standard InChI is InChI=1S/C29H32Cl2FN3O4S/c1-3-4-17-33-29(37)26(18-21-9-6-5-7-10-21)34(19-22-13-15-23(32)16-14-22)27(36)20-35(40(2,38)39)25-12-8-11-24(30)28(25)31/h5-16,26H,3-4,17-20H2,1-2H3,(H,33,37). The van der Waals surface area contributed by atoms with Crippen molar-refractivity contribution in [2.45, 2.75) is 38.8 Å². The highest BCUT2D eigenvalue weighted by atomic mass is 35.5. The van der Waals surface area contributed by atoms with E-state index in [0.29, 0.717) is 12.1 Å². The van der Waals surface area contributed by atoms with E-state index < -0.39 is 34.3 Å². The van der Waals surface area contributed by atoms with E-state index in [4.69, 9.17) is 23.2 Å². The zero-order valence-electron chi connectivity index (χ0n) is 22.3. The van der Waals surface area contributed by atoms with Gasteiger partial charge in [-0.3, -0.25) is 13.9 Å². The number of carbonyl (C=O) groups is 2. The fraction of sp³-hybridized carbons (Fsp3) is 0.310. The van der Waals surface area contributed by atoms with Crippen molar-refractivity contribution in [1.29, 1.82) is 0 Å². The first-order valence-corrected chi connectivity index (χ1v) is 15.4. The van der Waals surface area contributed by atoms with Gasteiger partial charge in [-0.15, -0.1) is 0 Å². The summed E-state index contributed by atoms with van der Waals surface area (Å²) in [5, 5.41) is 3.01. The van der Waals surface area contributed by atoms with Gasteiger partial charge in [0.2, 0.25) is 21.8 Å². The predicted molar refractivity (Wildman–Crippen MR) is 157 cm³/mol. The lowest BCUT2D eigenvalue weighted by Crippen LogP contribution is -2.53. The Balaban J connectivity index is 2.05. The van der Waals surface area contributed by atoms with Gasteiger partial charge in [0.05, 0.1) is 22.0 Å². The van der Waals surface area contributed by atoms with Crippen LogP contribution < -0.4 is 9.62 Å². The first kappa shape index (κ1) is 31.4. The second-order valence-corrected chi connectivity index (χ2v) is 12.0. The molecule has 0 aliphatic rings. The summed E-state index contributed by atoms with van der Waals surface area (Å²) in [6.07, 6.45) is 2.76. The summed E-state index contributed by atoms with van der Waals surface area (Å²) in [5.41, 5.74) is 1.42. The molecule has 0 spiro atoms. The largest absolute Gasteiger partial charge is 0.354 e. The van der Waals surface area contributed by atoms with Crippen LogP contribution >= 0.6 is 23.2 Å². The van der Waals surface area contributed by atoms with Crippen LogP contribution in [0.3, 0.4) is 0 Å². The lowest BCUT2D eigenvalue weighted by molar-refractivity contribution is -0.140. The zero-order chi connectivity index (χ0) is 29.3. The molecule has 214 valence electrons. The number of hydrogen-bond donors (Lipinski definition) is 1. The van der Waals surface area contributed by atoms with E-state index in [-0.39, 0.29) is 34.6 Å². The van der Waals surface area contributed by atoms with Crippen LogP contribution in [0.25, 0.3) is 0 Å². The summed E-state index contributed by atoms with van der Waals surface area (Å²) >= 11 is 12.5. The van der Waals surface area contributed by atoms with Crippen LogP contribution in [0.15, 0.2) is 72.8 Å². The van der Waals surface area contributed by atoms with Gasteiger partial charge in [-0.1, -0.05) is 85.1 Å². The highest BCUT2D eigenvalue weighted by Crippen LogP contribution is 2.33. The fourth-order valence-electron chi connectivity index (χ4n) is 4.13. The summed E-state index contributed by atoms with van der Waals surface area (Å²) < 4.78 is 40.2. The van der Waals surface area contributed by atoms with E-state index in [0.717, 1.165) is 29.0 Å². The molecule has 11 heteroatoms. The molecule has 0 saturated heterocycles. The first-order chi connectivity index (χ1) is 19.0. The van der Waals surface area contributed by atoms with Crippen LogP contribution in [0.1, 0.15) is 30.9 Å². The van der Waals surface area contributed by atoms with Gasteiger partial charge in [-0.2, -0.15) is 0 Å². The zero-order valence-corrected chi connectivity index (χ0v) is 24.6. The third kappa shape index (κ3) is 8.68. The Labute approximate surface area is 244 Å². The van der Waals surface area contributed by atoms with Crippen LogP contribution in [0.2, 0.25) is 10.0 Å². The minimum atomic E-state index is -3.99. The second-order valence-electron chi connectivity index (χ2n) is 9.34. The summed E-state index contributed by atoms with van der Waals surface area (Å²) in [5.74, 6) is -1.46. The van der Waals surface area contributed by atoms with Gasteiger partial charge in [0, 0.05) is 19.5 Å². The van der Waals surface area contributed by atoms with Crippen LogP contribution in [-0.2, 0) is 32.6 Å². The molecule has 0 aromatic heterocycles. The van der Waals surface area contributed by atoms with Gasteiger partial charge in [0.15, 0.2) is 0 Å². The Kier molecular flexibility index (Phi) is 11.4. The molecule has 0 aliphatic heterocycles. The second kappa shape index (κ2) is 14.5. The molecule has 3 aromatic rings. The lowest BCUT2D eigenvalue weighted by Gasteiger charge is -2.33. The minimum Gasteiger partial charge on any atom is -0.354 e. The molecule has 0 bridgehead atoms.